The molecule has 0 bridgehead atoms. The van der Waals surface area contributed by atoms with E-state index in [0.29, 0.717) is 0 Å². The van der Waals surface area contributed by atoms with E-state index in [-0.39, 0.29) is 0 Å². The van der Waals surface area contributed by atoms with Crippen LogP contribution in [0, 0.1) is 17.8 Å². The van der Waals surface area contributed by atoms with Crippen LogP contribution in [0.3, 0.4) is 0 Å². The predicted molar refractivity (Wildman–Crippen MR) is 69.8 cm³/mol. The highest BCUT2D eigenvalue weighted by Crippen LogP contribution is 2.20. The summed E-state index contributed by atoms with van der Waals surface area (Å²) >= 11 is 0. The fourth-order valence-corrected chi connectivity index (χ4v) is 2.01. The summed E-state index contributed by atoms with van der Waals surface area (Å²) in [6.45, 7) is 6.55. The van der Waals surface area contributed by atoms with Gasteiger partial charge in [0.05, 0.1) is 0 Å². The summed E-state index contributed by atoms with van der Waals surface area (Å²) in [7, 11) is 0. The minimum absolute atomic E-state index is 0.978. The molecule has 0 fully saturated rings. The molecule has 0 N–H and O–H groups in total. The number of rotatable bonds is 9. The molecule has 0 aromatic carbocycles. The van der Waals surface area contributed by atoms with Gasteiger partial charge < -0.3 is 0 Å². The fourth-order valence-electron chi connectivity index (χ4n) is 2.01. The van der Waals surface area contributed by atoms with Gasteiger partial charge in [0.2, 0.25) is 0 Å². The van der Waals surface area contributed by atoms with Crippen LogP contribution in [0.4, 0.5) is 0 Å². The molecule has 0 saturated heterocycles. The zero-order valence-corrected chi connectivity index (χ0v) is 10.9. The summed E-state index contributed by atoms with van der Waals surface area (Å²) in [5.41, 5.74) is 0. The topological polar surface area (TPSA) is 0 Å². The molecule has 0 spiro atoms. The molecule has 0 rings (SSSR count). The van der Waals surface area contributed by atoms with Crippen LogP contribution >= 0.6 is 0 Å². The van der Waals surface area contributed by atoms with Crippen molar-refractivity contribution in [3.8, 4) is 11.8 Å². The molecule has 0 radical (unpaired) electrons. The highest BCUT2D eigenvalue weighted by Gasteiger charge is 2.04. The lowest BCUT2D eigenvalue weighted by Crippen LogP contribution is -1.98. The van der Waals surface area contributed by atoms with Gasteiger partial charge >= 0.3 is 0 Å². The van der Waals surface area contributed by atoms with Gasteiger partial charge in [-0.15, -0.1) is 11.8 Å². The summed E-state index contributed by atoms with van der Waals surface area (Å²) in [5, 5.41) is 0. The first-order valence-electron chi connectivity index (χ1n) is 6.74. The molecule has 0 aliphatic heterocycles. The maximum atomic E-state index is 3.14. The SMILES string of the molecule is CC#CCCCCC(CC)CCCCC. The Labute approximate surface area is 96.8 Å². The second-order valence-electron chi connectivity index (χ2n) is 4.44. The van der Waals surface area contributed by atoms with Crippen molar-refractivity contribution in [3.63, 3.8) is 0 Å². The van der Waals surface area contributed by atoms with E-state index in [0.717, 1.165) is 12.3 Å². The minimum Gasteiger partial charge on any atom is -0.107 e. The second kappa shape index (κ2) is 11.6. The van der Waals surface area contributed by atoms with E-state index < -0.39 is 0 Å². The third-order valence-electron chi connectivity index (χ3n) is 3.13. The molecule has 88 valence electrons. The van der Waals surface area contributed by atoms with Crippen molar-refractivity contribution < 1.29 is 0 Å². The lowest BCUT2D eigenvalue weighted by molar-refractivity contribution is 0.401. The van der Waals surface area contributed by atoms with Crippen LogP contribution in [0.2, 0.25) is 0 Å². The Bertz CT molecular complexity index is 170. The Hall–Kier alpha value is -0.440. The largest absolute Gasteiger partial charge is 0.107 e. The monoisotopic (exact) mass is 208 g/mol. The normalized spacial score (nSPS) is 11.9. The van der Waals surface area contributed by atoms with Crippen molar-refractivity contribution in [1.29, 1.82) is 0 Å². The van der Waals surface area contributed by atoms with Gasteiger partial charge in [0.15, 0.2) is 0 Å². The van der Waals surface area contributed by atoms with Gasteiger partial charge in [-0.1, -0.05) is 58.8 Å². The second-order valence-corrected chi connectivity index (χ2v) is 4.44. The van der Waals surface area contributed by atoms with Crippen molar-refractivity contribution in [2.75, 3.05) is 0 Å². The maximum Gasteiger partial charge on any atom is 0.00885 e. The van der Waals surface area contributed by atoms with Crippen LogP contribution in [-0.4, -0.2) is 0 Å². The quantitative estimate of drug-likeness (QED) is 0.362. The Balaban J connectivity index is 3.38. The van der Waals surface area contributed by atoms with Crippen LogP contribution < -0.4 is 0 Å². The van der Waals surface area contributed by atoms with Crippen molar-refractivity contribution in [2.45, 2.75) is 78.6 Å². The molecule has 0 aliphatic carbocycles. The molecule has 0 aromatic heterocycles. The smallest absolute Gasteiger partial charge is 0.00885 e. The summed E-state index contributed by atoms with van der Waals surface area (Å²) in [6, 6.07) is 0. The average Bonchev–Trinajstić information content (AvgIpc) is 2.26. The molecule has 1 unspecified atom stereocenters. The molecule has 0 aromatic rings. The highest BCUT2D eigenvalue weighted by molar-refractivity contribution is 4.94. The van der Waals surface area contributed by atoms with E-state index in [4.69, 9.17) is 0 Å². The van der Waals surface area contributed by atoms with E-state index in [1.807, 2.05) is 6.92 Å². The van der Waals surface area contributed by atoms with E-state index in [2.05, 4.69) is 25.7 Å². The minimum atomic E-state index is 0.978. The molecule has 0 aliphatic rings. The predicted octanol–water partition coefficient (Wildman–Crippen LogP) is 5.18. The van der Waals surface area contributed by atoms with Gasteiger partial charge in [0.25, 0.3) is 0 Å². The first-order chi connectivity index (χ1) is 7.35. The van der Waals surface area contributed by atoms with E-state index in [9.17, 15) is 0 Å². The van der Waals surface area contributed by atoms with Gasteiger partial charge in [-0.25, -0.2) is 0 Å². The van der Waals surface area contributed by atoms with Crippen molar-refractivity contribution in [2.24, 2.45) is 5.92 Å². The van der Waals surface area contributed by atoms with Gasteiger partial charge in [-0.3, -0.25) is 0 Å². The number of hydrogen-bond donors (Lipinski definition) is 0. The first kappa shape index (κ1) is 14.6. The number of unbranched alkanes of at least 4 members (excludes halogenated alkanes) is 4. The summed E-state index contributed by atoms with van der Waals surface area (Å²) in [4.78, 5) is 0. The van der Waals surface area contributed by atoms with Gasteiger partial charge in [-0.2, -0.15) is 0 Å². The summed E-state index contributed by atoms with van der Waals surface area (Å²) in [6.07, 6.45) is 12.2. The molecular formula is C15H28. The third-order valence-corrected chi connectivity index (χ3v) is 3.13. The Morgan fingerprint density at radius 3 is 2.13 bits per heavy atom. The van der Waals surface area contributed by atoms with Gasteiger partial charge in [-0.05, 0) is 19.3 Å². The van der Waals surface area contributed by atoms with Gasteiger partial charge in [0, 0.05) is 6.42 Å². The fraction of sp³-hybridized carbons (Fsp3) is 0.867. The standard InChI is InChI=1S/C15H28/c1-4-7-9-10-12-14-15(6-3)13-11-8-5-2/h15H,5-6,8-14H2,1-3H3. The van der Waals surface area contributed by atoms with Crippen LogP contribution in [0.25, 0.3) is 0 Å². The van der Waals surface area contributed by atoms with Crippen LogP contribution in [0.1, 0.15) is 78.6 Å². The molecule has 15 heavy (non-hydrogen) atoms. The Morgan fingerprint density at radius 2 is 1.60 bits per heavy atom. The number of hydrogen-bond acceptors (Lipinski definition) is 0. The molecule has 0 amide bonds. The van der Waals surface area contributed by atoms with E-state index in [1.165, 1.54) is 51.4 Å². The molecule has 0 heteroatoms. The van der Waals surface area contributed by atoms with E-state index in [1.54, 1.807) is 0 Å². The van der Waals surface area contributed by atoms with Crippen LogP contribution in [-0.2, 0) is 0 Å². The highest BCUT2D eigenvalue weighted by atomic mass is 14.1. The summed E-state index contributed by atoms with van der Waals surface area (Å²) in [5.74, 6) is 7.08. The molecule has 1 atom stereocenters. The lowest BCUT2D eigenvalue weighted by Gasteiger charge is -2.13. The zero-order valence-electron chi connectivity index (χ0n) is 10.9. The molecule has 0 heterocycles. The van der Waals surface area contributed by atoms with Gasteiger partial charge in [0.1, 0.15) is 0 Å². The Morgan fingerprint density at radius 1 is 0.933 bits per heavy atom. The molecular weight excluding hydrogens is 180 g/mol. The molecule has 0 saturated carbocycles. The molecule has 0 nitrogen and oxygen atoms in total. The van der Waals surface area contributed by atoms with Crippen molar-refractivity contribution >= 4 is 0 Å². The van der Waals surface area contributed by atoms with Crippen molar-refractivity contribution in [1.82, 2.24) is 0 Å². The van der Waals surface area contributed by atoms with Crippen molar-refractivity contribution in [3.05, 3.63) is 0 Å². The first-order valence-corrected chi connectivity index (χ1v) is 6.74. The zero-order chi connectivity index (χ0) is 11.4. The maximum absolute atomic E-state index is 3.14. The average molecular weight is 208 g/mol. The third kappa shape index (κ3) is 9.85. The Kier molecular flexibility index (Phi) is 11.3. The lowest BCUT2D eigenvalue weighted by atomic mass is 9.93. The van der Waals surface area contributed by atoms with E-state index >= 15 is 0 Å². The van der Waals surface area contributed by atoms with Crippen LogP contribution in [0.15, 0.2) is 0 Å². The summed E-state index contributed by atoms with van der Waals surface area (Å²) < 4.78 is 0. The van der Waals surface area contributed by atoms with Crippen LogP contribution in [0.5, 0.6) is 0 Å².